The molecule has 0 bridgehead atoms. The summed E-state index contributed by atoms with van der Waals surface area (Å²) in [6.45, 7) is 8.81. The molecule has 106 valence electrons. The van der Waals surface area contributed by atoms with Crippen molar-refractivity contribution in [3.63, 3.8) is 0 Å². The largest absolute Gasteiger partial charge is 0.383 e. The van der Waals surface area contributed by atoms with Gasteiger partial charge < -0.3 is 15.8 Å². The molecular formula is C14H24N4O. The van der Waals surface area contributed by atoms with Crippen LogP contribution >= 0.6 is 0 Å². The molecule has 19 heavy (non-hydrogen) atoms. The number of hydrogen-bond acceptors (Lipinski definition) is 5. The summed E-state index contributed by atoms with van der Waals surface area (Å²) in [5.41, 5.74) is 6.88. The zero-order chi connectivity index (χ0) is 13.8. The van der Waals surface area contributed by atoms with Gasteiger partial charge in [-0.05, 0) is 25.7 Å². The van der Waals surface area contributed by atoms with E-state index in [4.69, 9.17) is 10.5 Å². The molecule has 2 heterocycles. The maximum absolute atomic E-state index is 5.94. The van der Waals surface area contributed by atoms with Crippen molar-refractivity contribution in [3.8, 4) is 0 Å². The fraction of sp³-hybridized carbons (Fsp3) is 0.714. The predicted molar refractivity (Wildman–Crippen MR) is 77.3 cm³/mol. The fourth-order valence-electron chi connectivity index (χ4n) is 2.19. The Hall–Kier alpha value is -1.36. The molecule has 1 atom stereocenters. The zero-order valence-corrected chi connectivity index (χ0v) is 12.1. The molecule has 0 amide bonds. The number of nitrogens with one attached hydrogen (secondary N) is 1. The number of hydrogen-bond donors (Lipinski definition) is 2. The van der Waals surface area contributed by atoms with Crippen molar-refractivity contribution < 1.29 is 4.74 Å². The summed E-state index contributed by atoms with van der Waals surface area (Å²) in [4.78, 5) is 8.89. The summed E-state index contributed by atoms with van der Waals surface area (Å²) in [5, 5.41) is 3.39. The standard InChI is InChI=1S/C14H24N4O/c1-9(2)13-17-12(15)10(3)14(18-13)16-6-4-11-5-7-19-8-11/h9,11H,4-8H2,1-3H3,(H3,15,16,17,18). The van der Waals surface area contributed by atoms with E-state index in [0.717, 1.165) is 43.4 Å². The zero-order valence-electron chi connectivity index (χ0n) is 12.1. The second kappa shape index (κ2) is 6.19. The molecule has 0 aromatic carbocycles. The number of nitrogens with two attached hydrogens (primary N) is 1. The Morgan fingerprint density at radius 1 is 1.42 bits per heavy atom. The van der Waals surface area contributed by atoms with Crippen molar-refractivity contribution in [3.05, 3.63) is 11.4 Å². The van der Waals surface area contributed by atoms with Crippen LogP contribution in [0.1, 0.15) is 44.0 Å². The highest BCUT2D eigenvalue weighted by Gasteiger charge is 2.16. The van der Waals surface area contributed by atoms with Crippen molar-refractivity contribution in [2.75, 3.05) is 30.8 Å². The summed E-state index contributed by atoms with van der Waals surface area (Å²) in [7, 11) is 0. The van der Waals surface area contributed by atoms with Gasteiger partial charge in [0.15, 0.2) is 0 Å². The number of rotatable bonds is 5. The Kier molecular flexibility index (Phi) is 4.58. The highest BCUT2D eigenvalue weighted by Crippen LogP contribution is 2.22. The summed E-state index contributed by atoms with van der Waals surface area (Å²) >= 11 is 0. The molecule has 3 N–H and O–H groups in total. The third kappa shape index (κ3) is 3.56. The lowest BCUT2D eigenvalue weighted by atomic mass is 10.1. The number of nitrogens with zero attached hydrogens (tertiary/aromatic N) is 2. The number of ether oxygens (including phenoxy) is 1. The Labute approximate surface area is 115 Å². The monoisotopic (exact) mass is 264 g/mol. The minimum Gasteiger partial charge on any atom is -0.383 e. The Bertz CT molecular complexity index is 428. The highest BCUT2D eigenvalue weighted by molar-refractivity contribution is 5.54. The SMILES string of the molecule is Cc1c(N)nc(C(C)C)nc1NCCC1CCOC1. The second-order valence-electron chi connectivity index (χ2n) is 5.54. The molecule has 1 saturated heterocycles. The number of nitrogen functional groups attached to an aromatic ring is 1. The Morgan fingerprint density at radius 2 is 2.21 bits per heavy atom. The van der Waals surface area contributed by atoms with Crippen LogP contribution in [0.3, 0.4) is 0 Å². The molecule has 1 fully saturated rings. The van der Waals surface area contributed by atoms with E-state index in [-0.39, 0.29) is 5.92 Å². The first-order valence-corrected chi connectivity index (χ1v) is 7.03. The van der Waals surface area contributed by atoms with Gasteiger partial charge >= 0.3 is 0 Å². The third-order valence-electron chi connectivity index (χ3n) is 3.59. The van der Waals surface area contributed by atoms with Crippen LogP contribution in [0.4, 0.5) is 11.6 Å². The topological polar surface area (TPSA) is 73.1 Å². The summed E-state index contributed by atoms with van der Waals surface area (Å²) in [6, 6.07) is 0. The minimum absolute atomic E-state index is 0.284. The highest BCUT2D eigenvalue weighted by atomic mass is 16.5. The van der Waals surface area contributed by atoms with Gasteiger partial charge in [0, 0.05) is 31.2 Å². The average molecular weight is 264 g/mol. The third-order valence-corrected chi connectivity index (χ3v) is 3.59. The first-order chi connectivity index (χ1) is 9.08. The van der Waals surface area contributed by atoms with E-state index in [1.54, 1.807) is 0 Å². The van der Waals surface area contributed by atoms with Gasteiger partial charge in [0.25, 0.3) is 0 Å². The van der Waals surface area contributed by atoms with Crippen LogP contribution in [0, 0.1) is 12.8 Å². The van der Waals surface area contributed by atoms with Crippen molar-refractivity contribution >= 4 is 11.6 Å². The quantitative estimate of drug-likeness (QED) is 0.854. The van der Waals surface area contributed by atoms with Gasteiger partial charge in [0.05, 0.1) is 0 Å². The predicted octanol–water partition coefficient (Wildman–Crippen LogP) is 2.33. The van der Waals surface area contributed by atoms with Gasteiger partial charge in [-0.1, -0.05) is 13.8 Å². The van der Waals surface area contributed by atoms with Crippen LogP contribution in [0.15, 0.2) is 0 Å². The van der Waals surface area contributed by atoms with Crippen LogP contribution in [0.2, 0.25) is 0 Å². The summed E-state index contributed by atoms with van der Waals surface area (Å²) in [6.07, 6.45) is 2.28. The summed E-state index contributed by atoms with van der Waals surface area (Å²) in [5.74, 6) is 3.21. The molecule has 2 rings (SSSR count). The molecule has 1 aliphatic heterocycles. The lowest BCUT2D eigenvalue weighted by Crippen LogP contribution is -2.13. The molecule has 0 radical (unpaired) electrons. The molecule has 1 aromatic heterocycles. The molecule has 1 aliphatic rings. The van der Waals surface area contributed by atoms with E-state index in [1.165, 1.54) is 6.42 Å². The molecule has 1 unspecified atom stereocenters. The van der Waals surface area contributed by atoms with Gasteiger partial charge in [0.2, 0.25) is 0 Å². The van der Waals surface area contributed by atoms with Gasteiger partial charge in [-0.2, -0.15) is 0 Å². The van der Waals surface area contributed by atoms with Crippen LogP contribution in [0.5, 0.6) is 0 Å². The molecule has 5 nitrogen and oxygen atoms in total. The molecule has 1 aromatic rings. The molecular weight excluding hydrogens is 240 g/mol. The van der Waals surface area contributed by atoms with Crippen LogP contribution in [-0.2, 0) is 4.74 Å². The molecule has 0 spiro atoms. The van der Waals surface area contributed by atoms with E-state index < -0.39 is 0 Å². The fourth-order valence-corrected chi connectivity index (χ4v) is 2.19. The molecule has 0 aliphatic carbocycles. The maximum Gasteiger partial charge on any atom is 0.135 e. The van der Waals surface area contributed by atoms with E-state index in [9.17, 15) is 0 Å². The van der Waals surface area contributed by atoms with Crippen LogP contribution in [-0.4, -0.2) is 29.7 Å². The molecule has 5 heteroatoms. The lowest BCUT2D eigenvalue weighted by molar-refractivity contribution is 0.185. The first-order valence-electron chi connectivity index (χ1n) is 7.03. The van der Waals surface area contributed by atoms with E-state index in [0.29, 0.717) is 11.7 Å². The maximum atomic E-state index is 5.94. The first kappa shape index (κ1) is 14.1. The van der Waals surface area contributed by atoms with Gasteiger partial charge in [-0.3, -0.25) is 0 Å². The van der Waals surface area contributed by atoms with Gasteiger partial charge in [-0.25, -0.2) is 9.97 Å². The van der Waals surface area contributed by atoms with Crippen molar-refractivity contribution in [1.29, 1.82) is 0 Å². The van der Waals surface area contributed by atoms with E-state index in [1.807, 2.05) is 6.92 Å². The number of anilines is 2. The Morgan fingerprint density at radius 3 is 2.84 bits per heavy atom. The van der Waals surface area contributed by atoms with Crippen LogP contribution in [0.25, 0.3) is 0 Å². The smallest absolute Gasteiger partial charge is 0.135 e. The van der Waals surface area contributed by atoms with Crippen molar-refractivity contribution in [2.24, 2.45) is 5.92 Å². The second-order valence-corrected chi connectivity index (χ2v) is 5.54. The van der Waals surface area contributed by atoms with Crippen molar-refractivity contribution in [2.45, 2.75) is 39.5 Å². The number of aromatic nitrogens is 2. The lowest BCUT2D eigenvalue weighted by Gasteiger charge is -2.14. The van der Waals surface area contributed by atoms with E-state index in [2.05, 4.69) is 29.1 Å². The van der Waals surface area contributed by atoms with Crippen LogP contribution < -0.4 is 11.1 Å². The van der Waals surface area contributed by atoms with E-state index >= 15 is 0 Å². The summed E-state index contributed by atoms with van der Waals surface area (Å²) < 4.78 is 5.38. The van der Waals surface area contributed by atoms with Gasteiger partial charge in [0.1, 0.15) is 17.5 Å². The van der Waals surface area contributed by atoms with Crippen molar-refractivity contribution in [1.82, 2.24) is 9.97 Å². The Balaban J connectivity index is 1.98. The normalized spacial score (nSPS) is 19.1. The average Bonchev–Trinajstić information content (AvgIpc) is 2.87. The van der Waals surface area contributed by atoms with Gasteiger partial charge in [-0.15, -0.1) is 0 Å². The molecule has 0 saturated carbocycles. The minimum atomic E-state index is 0.284.